The van der Waals surface area contributed by atoms with E-state index in [0.717, 1.165) is 44.6 Å². The second kappa shape index (κ2) is 9.41. The van der Waals surface area contributed by atoms with Crippen molar-refractivity contribution in [1.29, 1.82) is 0 Å². The zero-order chi connectivity index (χ0) is 19.1. The van der Waals surface area contributed by atoms with Crippen LogP contribution < -0.4 is 14.9 Å². The summed E-state index contributed by atoms with van der Waals surface area (Å²) in [4.78, 5) is 14.2. The fourth-order valence-electron chi connectivity index (χ4n) is 3.58. The van der Waals surface area contributed by atoms with Gasteiger partial charge in [0.05, 0.1) is 6.10 Å². The molecule has 2 aliphatic heterocycles. The standard InChI is InChI=1S/C19H29N3O4S/c23-19(20-11-10-18-5-4-14-26-18)15-27(24,25)21-16-6-8-17(9-7-16)22-12-2-1-3-13-22/h6-9,18,21H,1-5,10-15H2,(H,20,23). The number of anilines is 2. The molecule has 0 spiro atoms. The Labute approximate surface area is 161 Å². The van der Waals surface area contributed by atoms with E-state index in [1.54, 1.807) is 12.1 Å². The molecule has 1 atom stereocenters. The third kappa shape index (κ3) is 6.39. The number of benzene rings is 1. The van der Waals surface area contributed by atoms with Crippen molar-refractivity contribution in [1.82, 2.24) is 5.32 Å². The number of carbonyl (C=O) groups is 1. The summed E-state index contributed by atoms with van der Waals surface area (Å²) < 4.78 is 32.4. The first-order valence-electron chi connectivity index (χ1n) is 9.76. The first-order valence-corrected chi connectivity index (χ1v) is 11.4. The van der Waals surface area contributed by atoms with Crippen LogP contribution in [0, 0.1) is 0 Å². The van der Waals surface area contributed by atoms with Crippen molar-refractivity contribution in [2.24, 2.45) is 0 Å². The highest BCUT2D eigenvalue weighted by Gasteiger charge is 2.19. The van der Waals surface area contributed by atoms with E-state index in [4.69, 9.17) is 4.74 Å². The van der Waals surface area contributed by atoms with Crippen molar-refractivity contribution in [2.75, 3.05) is 41.6 Å². The van der Waals surface area contributed by atoms with Gasteiger partial charge < -0.3 is 15.0 Å². The van der Waals surface area contributed by atoms with E-state index in [1.165, 1.54) is 19.3 Å². The highest BCUT2D eigenvalue weighted by Crippen LogP contribution is 2.22. The molecule has 1 amide bonds. The van der Waals surface area contributed by atoms with Gasteiger partial charge in [-0.25, -0.2) is 8.42 Å². The smallest absolute Gasteiger partial charge is 0.241 e. The molecule has 1 unspecified atom stereocenters. The summed E-state index contributed by atoms with van der Waals surface area (Å²) in [5, 5.41) is 2.66. The van der Waals surface area contributed by atoms with Crippen LogP contribution in [0.5, 0.6) is 0 Å². The summed E-state index contributed by atoms with van der Waals surface area (Å²) >= 11 is 0. The average molecular weight is 396 g/mol. The molecule has 150 valence electrons. The Morgan fingerprint density at radius 2 is 1.85 bits per heavy atom. The predicted octanol–water partition coefficient (Wildman–Crippen LogP) is 2.10. The van der Waals surface area contributed by atoms with E-state index in [-0.39, 0.29) is 6.10 Å². The second-order valence-corrected chi connectivity index (χ2v) is 8.95. The van der Waals surface area contributed by atoms with Crippen LogP contribution in [-0.4, -0.2) is 52.4 Å². The Bertz CT molecular complexity index is 709. The number of sulfonamides is 1. The highest BCUT2D eigenvalue weighted by atomic mass is 32.2. The molecule has 0 aromatic heterocycles. The van der Waals surface area contributed by atoms with Gasteiger partial charge in [-0.3, -0.25) is 9.52 Å². The number of piperidine rings is 1. The van der Waals surface area contributed by atoms with Crippen molar-refractivity contribution >= 4 is 27.3 Å². The molecule has 2 N–H and O–H groups in total. The van der Waals surface area contributed by atoms with Gasteiger partial charge in [0.25, 0.3) is 0 Å². The summed E-state index contributed by atoms with van der Waals surface area (Å²) in [5.74, 6) is -1.07. The Balaban J connectivity index is 1.44. The molecule has 2 heterocycles. The lowest BCUT2D eigenvalue weighted by Crippen LogP contribution is -2.34. The van der Waals surface area contributed by atoms with E-state index in [1.807, 2.05) is 12.1 Å². The summed E-state index contributed by atoms with van der Waals surface area (Å²) in [6.45, 7) is 3.28. The maximum absolute atomic E-state index is 12.2. The lowest BCUT2D eigenvalue weighted by molar-refractivity contribution is -0.118. The molecule has 8 heteroatoms. The molecule has 0 aliphatic carbocycles. The number of carbonyl (C=O) groups excluding carboxylic acids is 1. The molecule has 0 saturated carbocycles. The van der Waals surface area contributed by atoms with Crippen LogP contribution in [-0.2, 0) is 19.6 Å². The first kappa shape index (κ1) is 19.9. The van der Waals surface area contributed by atoms with Gasteiger partial charge in [0, 0.05) is 37.6 Å². The van der Waals surface area contributed by atoms with Crippen LogP contribution >= 0.6 is 0 Å². The summed E-state index contributed by atoms with van der Waals surface area (Å²) in [6.07, 6.45) is 6.60. The van der Waals surface area contributed by atoms with E-state index < -0.39 is 21.7 Å². The molecule has 27 heavy (non-hydrogen) atoms. The van der Waals surface area contributed by atoms with Gasteiger partial charge in [-0.1, -0.05) is 0 Å². The zero-order valence-electron chi connectivity index (χ0n) is 15.7. The summed E-state index contributed by atoms with van der Waals surface area (Å²) in [6, 6.07) is 7.34. The first-order chi connectivity index (χ1) is 13.0. The van der Waals surface area contributed by atoms with Gasteiger partial charge in [0.1, 0.15) is 5.75 Å². The fourth-order valence-corrected chi connectivity index (χ4v) is 4.59. The number of ether oxygens (including phenoxy) is 1. The normalized spacial score (nSPS) is 20.4. The lowest BCUT2D eigenvalue weighted by Gasteiger charge is -2.28. The van der Waals surface area contributed by atoms with Crippen molar-refractivity contribution < 1.29 is 17.9 Å². The molecule has 0 radical (unpaired) electrons. The van der Waals surface area contributed by atoms with Crippen LogP contribution in [0.25, 0.3) is 0 Å². The van der Waals surface area contributed by atoms with E-state index in [2.05, 4.69) is 14.9 Å². The molecule has 3 rings (SSSR count). The molecule has 2 fully saturated rings. The average Bonchev–Trinajstić information content (AvgIpc) is 3.16. The van der Waals surface area contributed by atoms with Crippen LogP contribution in [0.4, 0.5) is 11.4 Å². The minimum absolute atomic E-state index is 0.179. The number of amides is 1. The van der Waals surface area contributed by atoms with Crippen molar-refractivity contribution in [3.63, 3.8) is 0 Å². The van der Waals surface area contributed by atoms with Gasteiger partial charge in [0.15, 0.2) is 0 Å². The van der Waals surface area contributed by atoms with Crippen LogP contribution in [0.2, 0.25) is 0 Å². The minimum Gasteiger partial charge on any atom is -0.378 e. The van der Waals surface area contributed by atoms with Gasteiger partial charge in [0.2, 0.25) is 15.9 Å². The van der Waals surface area contributed by atoms with Crippen LogP contribution in [0.15, 0.2) is 24.3 Å². The monoisotopic (exact) mass is 395 g/mol. The zero-order valence-corrected chi connectivity index (χ0v) is 16.5. The molecule has 1 aromatic rings. The maximum atomic E-state index is 12.2. The molecule has 0 bridgehead atoms. The van der Waals surface area contributed by atoms with E-state index in [0.29, 0.717) is 12.2 Å². The highest BCUT2D eigenvalue weighted by molar-refractivity contribution is 7.93. The predicted molar refractivity (Wildman–Crippen MR) is 107 cm³/mol. The topological polar surface area (TPSA) is 87.7 Å². The number of hydrogen-bond donors (Lipinski definition) is 2. The third-order valence-corrected chi connectivity index (χ3v) is 6.18. The second-order valence-electron chi connectivity index (χ2n) is 7.23. The molecule has 1 aromatic carbocycles. The van der Waals surface area contributed by atoms with E-state index >= 15 is 0 Å². The van der Waals surface area contributed by atoms with Gasteiger partial charge in [-0.2, -0.15) is 0 Å². The minimum atomic E-state index is -3.73. The van der Waals surface area contributed by atoms with Crippen LogP contribution in [0.1, 0.15) is 38.5 Å². The summed E-state index contributed by atoms with van der Waals surface area (Å²) in [5.41, 5.74) is 1.58. The van der Waals surface area contributed by atoms with Crippen LogP contribution in [0.3, 0.4) is 0 Å². The SMILES string of the molecule is O=C(CS(=O)(=O)Nc1ccc(N2CCCCC2)cc1)NCCC1CCCO1. The molecule has 7 nitrogen and oxygen atoms in total. The molecular weight excluding hydrogens is 366 g/mol. The molecular formula is C19H29N3O4S. The Kier molecular flexibility index (Phi) is 6.95. The fraction of sp³-hybridized carbons (Fsp3) is 0.632. The largest absolute Gasteiger partial charge is 0.378 e. The molecule has 2 aliphatic rings. The number of rotatable bonds is 8. The Hall–Kier alpha value is -1.80. The van der Waals surface area contributed by atoms with Gasteiger partial charge in [-0.05, 0) is 62.8 Å². The maximum Gasteiger partial charge on any atom is 0.241 e. The number of nitrogens with zero attached hydrogens (tertiary/aromatic N) is 1. The Morgan fingerprint density at radius 1 is 1.11 bits per heavy atom. The van der Waals surface area contributed by atoms with E-state index in [9.17, 15) is 13.2 Å². The molecule has 2 saturated heterocycles. The Morgan fingerprint density at radius 3 is 2.52 bits per heavy atom. The van der Waals surface area contributed by atoms with Crippen molar-refractivity contribution in [3.8, 4) is 0 Å². The lowest BCUT2D eigenvalue weighted by atomic mass is 10.1. The van der Waals surface area contributed by atoms with Crippen molar-refractivity contribution in [2.45, 2.75) is 44.6 Å². The van der Waals surface area contributed by atoms with Gasteiger partial charge >= 0.3 is 0 Å². The third-order valence-electron chi connectivity index (χ3n) is 5.00. The summed E-state index contributed by atoms with van der Waals surface area (Å²) in [7, 11) is -3.73. The quantitative estimate of drug-likeness (QED) is 0.704. The van der Waals surface area contributed by atoms with Gasteiger partial charge in [-0.15, -0.1) is 0 Å². The van der Waals surface area contributed by atoms with Crippen molar-refractivity contribution in [3.05, 3.63) is 24.3 Å². The number of nitrogens with one attached hydrogen (secondary N) is 2. The number of hydrogen-bond acceptors (Lipinski definition) is 5.